The van der Waals surface area contributed by atoms with Crippen LogP contribution >= 0.6 is 0 Å². The van der Waals surface area contributed by atoms with Crippen LogP contribution < -0.4 is 5.32 Å². The number of carbonyl (C=O) groups is 2. The number of fused-ring (bicyclic) bond motifs is 11. The van der Waals surface area contributed by atoms with Crippen molar-refractivity contribution in [3.8, 4) is 0 Å². The van der Waals surface area contributed by atoms with E-state index in [4.69, 9.17) is 0 Å². The molecule has 0 fully saturated rings. The molecule has 0 aliphatic carbocycles. The Bertz CT molecular complexity index is 1410. The van der Waals surface area contributed by atoms with Gasteiger partial charge in [-0.05, 0) is 30.0 Å². The van der Waals surface area contributed by atoms with E-state index in [0.29, 0.717) is 24.4 Å². The molecule has 1 N–H and O–H groups in total. The van der Waals surface area contributed by atoms with Gasteiger partial charge in [0.05, 0.1) is 17.3 Å². The second kappa shape index (κ2) is 6.77. The largest absolute Gasteiger partial charge is 0.342 e. The molecule has 4 heterocycles. The highest BCUT2D eigenvalue weighted by Crippen LogP contribution is 2.35. The van der Waals surface area contributed by atoms with Gasteiger partial charge in [0.2, 0.25) is 0 Å². The van der Waals surface area contributed by atoms with Gasteiger partial charge in [-0.2, -0.15) is 0 Å². The normalized spacial score (nSPS) is 16.1. The lowest BCUT2D eigenvalue weighted by Gasteiger charge is -2.08. The van der Waals surface area contributed by atoms with E-state index in [9.17, 15) is 9.59 Å². The average Bonchev–Trinajstić information content (AvgIpc) is 3.44. The molecular formula is C24H19N5O2. The van der Waals surface area contributed by atoms with Crippen molar-refractivity contribution in [1.82, 2.24) is 24.9 Å². The van der Waals surface area contributed by atoms with Gasteiger partial charge in [-0.15, -0.1) is 5.10 Å². The smallest absolute Gasteiger partial charge is 0.261 e. The predicted octanol–water partition coefficient (Wildman–Crippen LogP) is 2.79. The van der Waals surface area contributed by atoms with E-state index >= 15 is 0 Å². The third-order valence-corrected chi connectivity index (χ3v) is 5.98. The standard InChI is InChI=1S/C24H19N5O2/c30-23-21-18-13-28(20-9-2-1-8-17(18)20)12-16-6-3-5-15(11-16)7-4-10-29-14-19(26-27-29)22(21)24(31)25-23/h1-3,5-6,8-9,11,13-14H,4,7,10,12H2,(H,25,30,31). The van der Waals surface area contributed by atoms with Crippen molar-refractivity contribution >= 4 is 33.9 Å². The van der Waals surface area contributed by atoms with Gasteiger partial charge in [0.25, 0.3) is 11.8 Å². The Morgan fingerprint density at radius 2 is 1.74 bits per heavy atom. The fourth-order valence-electron chi connectivity index (χ4n) is 4.58. The summed E-state index contributed by atoms with van der Waals surface area (Å²) in [4.78, 5) is 25.6. The van der Waals surface area contributed by atoms with Crippen LogP contribution in [-0.2, 0) is 29.1 Å². The molecule has 2 aliphatic rings. The first-order chi connectivity index (χ1) is 15.2. The predicted molar refractivity (Wildman–Crippen MR) is 116 cm³/mol. The first-order valence-corrected chi connectivity index (χ1v) is 10.3. The van der Waals surface area contributed by atoms with Crippen molar-refractivity contribution in [3.05, 3.63) is 83.3 Å². The van der Waals surface area contributed by atoms with Crippen molar-refractivity contribution < 1.29 is 9.59 Å². The molecule has 0 saturated heterocycles. The van der Waals surface area contributed by atoms with Gasteiger partial charge < -0.3 is 4.57 Å². The summed E-state index contributed by atoms with van der Waals surface area (Å²) in [6, 6.07) is 16.5. The lowest BCUT2D eigenvalue weighted by Crippen LogP contribution is -2.22. The van der Waals surface area contributed by atoms with Gasteiger partial charge in [-0.25, -0.2) is 0 Å². The van der Waals surface area contributed by atoms with Crippen LogP contribution in [0.15, 0.2) is 60.9 Å². The number of nitrogens with zero attached hydrogens (tertiary/aromatic N) is 4. The Kier molecular flexibility index (Phi) is 3.89. The Morgan fingerprint density at radius 3 is 2.68 bits per heavy atom. The number of hydrogen-bond acceptors (Lipinski definition) is 4. The van der Waals surface area contributed by atoms with E-state index in [-0.39, 0.29) is 5.57 Å². The minimum atomic E-state index is -0.431. The molecule has 7 heteroatoms. The van der Waals surface area contributed by atoms with Crippen LogP contribution in [0.5, 0.6) is 0 Å². The fourth-order valence-corrected chi connectivity index (χ4v) is 4.58. The molecule has 0 saturated carbocycles. The van der Waals surface area contributed by atoms with Crippen LogP contribution in [0.3, 0.4) is 0 Å². The number of aromatic nitrogens is 4. The van der Waals surface area contributed by atoms with Crippen molar-refractivity contribution in [3.63, 3.8) is 0 Å². The molecular weight excluding hydrogens is 390 g/mol. The maximum atomic E-state index is 12.9. The molecule has 152 valence electrons. The monoisotopic (exact) mass is 409 g/mol. The Morgan fingerprint density at radius 1 is 0.903 bits per heavy atom. The molecule has 0 spiro atoms. The van der Waals surface area contributed by atoms with Gasteiger partial charge in [0.15, 0.2) is 0 Å². The highest BCUT2D eigenvalue weighted by Gasteiger charge is 2.35. The molecule has 6 rings (SSSR count). The van der Waals surface area contributed by atoms with E-state index in [1.807, 2.05) is 30.5 Å². The number of aryl methyl sites for hydroxylation is 2. The summed E-state index contributed by atoms with van der Waals surface area (Å²) in [6.45, 7) is 1.37. The first-order valence-electron chi connectivity index (χ1n) is 10.3. The summed E-state index contributed by atoms with van der Waals surface area (Å²) < 4.78 is 3.88. The molecule has 0 atom stereocenters. The number of carbonyl (C=O) groups excluding carboxylic acids is 2. The second-order valence-corrected chi connectivity index (χ2v) is 8.01. The molecule has 0 radical (unpaired) electrons. The third-order valence-electron chi connectivity index (χ3n) is 5.98. The SMILES string of the molecule is O=C1NC(=O)C2=C1c1cn(nn1)CCCc1cccc(c1)Cn1cc2c2ccccc21. The van der Waals surface area contributed by atoms with Gasteiger partial charge in [-0.3, -0.25) is 19.6 Å². The number of para-hydroxylation sites is 1. The molecule has 2 aliphatic heterocycles. The van der Waals surface area contributed by atoms with Crippen LogP contribution in [0.4, 0.5) is 0 Å². The van der Waals surface area contributed by atoms with Gasteiger partial charge in [0, 0.05) is 35.8 Å². The van der Waals surface area contributed by atoms with Crippen molar-refractivity contribution in [2.24, 2.45) is 0 Å². The molecule has 31 heavy (non-hydrogen) atoms. The fraction of sp³-hybridized carbons (Fsp3) is 0.167. The maximum absolute atomic E-state index is 12.9. The molecule has 7 nitrogen and oxygen atoms in total. The summed E-state index contributed by atoms with van der Waals surface area (Å²) >= 11 is 0. The van der Waals surface area contributed by atoms with E-state index in [1.165, 1.54) is 11.1 Å². The lowest BCUT2D eigenvalue weighted by atomic mass is 9.99. The summed E-state index contributed by atoms with van der Waals surface area (Å²) in [5, 5.41) is 11.8. The van der Waals surface area contributed by atoms with E-state index < -0.39 is 11.8 Å². The zero-order chi connectivity index (χ0) is 20.9. The second-order valence-electron chi connectivity index (χ2n) is 8.01. The number of rotatable bonds is 0. The van der Waals surface area contributed by atoms with Gasteiger partial charge in [-0.1, -0.05) is 47.7 Å². The summed E-state index contributed by atoms with van der Waals surface area (Å²) in [6.07, 6.45) is 5.55. The van der Waals surface area contributed by atoms with E-state index in [0.717, 1.165) is 29.3 Å². The number of hydrogen-bond donors (Lipinski definition) is 1. The van der Waals surface area contributed by atoms with Crippen LogP contribution in [-0.4, -0.2) is 31.4 Å². The topological polar surface area (TPSA) is 81.8 Å². The summed E-state index contributed by atoms with van der Waals surface area (Å²) in [5.41, 5.74) is 5.28. The highest BCUT2D eigenvalue weighted by molar-refractivity contribution is 6.49. The quantitative estimate of drug-likeness (QED) is 0.453. The number of nitrogens with one attached hydrogen (secondary N) is 1. The van der Waals surface area contributed by atoms with Crippen LogP contribution in [0.2, 0.25) is 0 Å². The van der Waals surface area contributed by atoms with Crippen molar-refractivity contribution in [2.45, 2.75) is 25.9 Å². The van der Waals surface area contributed by atoms with Crippen molar-refractivity contribution in [1.29, 1.82) is 0 Å². The summed E-state index contributed by atoms with van der Waals surface area (Å²) in [5.74, 6) is -0.830. The zero-order valence-corrected chi connectivity index (χ0v) is 16.7. The van der Waals surface area contributed by atoms with Crippen LogP contribution in [0.25, 0.3) is 22.0 Å². The minimum Gasteiger partial charge on any atom is -0.342 e. The number of benzene rings is 2. The molecule has 2 aromatic carbocycles. The lowest BCUT2D eigenvalue weighted by molar-refractivity contribution is -0.122. The van der Waals surface area contributed by atoms with Gasteiger partial charge in [0.1, 0.15) is 5.69 Å². The maximum Gasteiger partial charge on any atom is 0.261 e. The van der Waals surface area contributed by atoms with Crippen molar-refractivity contribution in [2.75, 3.05) is 0 Å². The molecule has 0 unspecified atom stereocenters. The summed E-state index contributed by atoms with van der Waals surface area (Å²) in [7, 11) is 0. The number of imide groups is 1. The Labute approximate surface area is 178 Å². The third kappa shape index (κ3) is 2.89. The molecule has 6 bridgehead atoms. The van der Waals surface area contributed by atoms with Crippen LogP contribution in [0, 0.1) is 0 Å². The minimum absolute atomic E-state index is 0.287. The van der Waals surface area contributed by atoms with Crippen LogP contribution in [0.1, 0.15) is 28.8 Å². The zero-order valence-electron chi connectivity index (χ0n) is 16.7. The Balaban J connectivity index is 1.64. The average molecular weight is 409 g/mol. The van der Waals surface area contributed by atoms with E-state index in [1.54, 1.807) is 10.9 Å². The molecule has 2 amide bonds. The first kappa shape index (κ1) is 17.8. The number of amides is 2. The highest BCUT2D eigenvalue weighted by atomic mass is 16.2. The molecule has 4 aromatic rings. The molecule has 2 aromatic heterocycles. The Hall–Kier alpha value is -4.00. The van der Waals surface area contributed by atoms with Gasteiger partial charge >= 0.3 is 0 Å². The van der Waals surface area contributed by atoms with E-state index in [2.05, 4.69) is 44.5 Å².